The summed E-state index contributed by atoms with van der Waals surface area (Å²) >= 11 is 0. The van der Waals surface area contributed by atoms with E-state index in [9.17, 15) is 50.1 Å². The summed E-state index contributed by atoms with van der Waals surface area (Å²) in [6.45, 7) is 8.79. The van der Waals surface area contributed by atoms with Gasteiger partial charge in [-0.15, -0.1) is 0 Å². The first-order chi connectivity index (χ1) is 22.1. The maximum absolute atomic E-state index is 15.3. The van der Waals surface area contributed by atoms with Crippen molar-refractivity contribution in [3.05, 3.63) is 64.5 Å². The molecule has 2 aliphatic rings. The van der Waals surface area contributed by atoms with Gasteiger partial charge in [0.1, 0.15) is 13.7 Å². The zero-order valence-corrected chi connectivity index (χ0v) is 27.3. The number of nitrogens with one attached hydrogen (secondary N) is 2. The van der Waals surface area contributed by atoms with E-state index in [1.165, 1.54) is 29.3 Å². The zero-order chi connectivity index (χ0) is 37.3. The van der Waals surface area contributed by atoms with Crippen LogP contribution in [-0.2, 0) is 36.0 Å². The molecule has 2 unspecified atom stereocenters. The van der Waals surface area contributed by atoms with Crippen molar-refractivity contribution < 1.29 is 59.3 Å². The molecular weight excluding hydrogens is 644 g/mol. The van der Waals surface area contributed by atoms with Crippen molar-refractivity contribution in [1.82, 2.24) is 15.1 Å². The van der Waals surface area contributed by atoms with Crippen molar-refractivity contribution in [2.75, 3.05) is 18.4 Å². The summed E-state index contributed by atoms with van der Waals surface area (Å²) in [6, 6.07) is 4.02. The minimum absolute atomic E-state index is 0.0565. The Bertz CT molecular complexity index is 1650. The predicted molar refractivity (Wildman–Crippen MR) is 170 cm³/mol. The third-order valence-electron chi connectivity index (χ3n) is 8.44. The first-order valence-corrected chi connectivity index (χ1v) is 14.8. The van der Waals surface area contributed by atoms with Crippen LogP contribution >= 0.6 is 0 Å². The average molecular weight is 680 g/mol. The number of rotatable bonds is 9. The number of halogens is 1. The van der Waals surface area contributed by atoms with Crippen LogP contribution in [-0.4, -0.2) is 129 Å². The smallest absolute Gasteiger partial charge is 0.303 e. The summed E-state index contributed by atoms with van der Waals surface area (Å²) < 4.78 is 21.4. The van der Waals surface area contributed by atoms with E-state index in [0.717, 1.165) is 24.3 Å². The number of benzene rings is 2. The number of aliphatic hydroxyl groups is 7. The standard InChI is InChI=1S/C30H36B3FN4O11/c1-15-7-6-8-19(20(15)28(31,32)38(14-39)21-22(40)35-23(41)27(44,45)26(21,42)43)36-30(47,48)17-11-16(9-10-18(17)34)29(33,46)37-12-24(2,3)49-25(4,5)13-37/h6-11,14,21,36,42-48H,12-13H2,1-5H3,(H,35,40,41). The fourth-order valence-electron chi connectivity index (χ4n) is 6.41. The number of hydrogen-bond donors (Lipinski definition) is 9. The lowest BCUT2D eigenvalue weighted by molar-refractivity contribution is -0.356. The van der Waals surface area contributed by atoms with Gasteiger partial charge in [-0.05, 0) is 74.8 Å². The molecule has 2 heterocycles. The number of ether oxygens (including phenoxy) is 1. The molecule has 4 rings (SSSR count). The Balaban J connectivity index is 1.77. The fourth-order valence-corrected chi connectivity index (χ4v) is 6.41. The molecule has 2 atom stereocenters. The van der Waals surface area contributed by atoms with E-state index in [-0.39, 0.29) is 35.5 Å². The Hall–Kier alpha value is -3.39. The quantitative estimate of drug-likeness (QED) is 0.0551. The van der Waals surface area contributed by atoms with Crippen molar-refractivity contribution in [1.29, 1.82) is 0 Å². The van der Waals surface area contributed by atoms with Gasteiger partial charge in [0, 0.05) is 18.8 Å². The highest BCUT2D eigenvalue weighted by Crippen LogP contribution is 2.40. The molecule has 258 valence electrons. The number of aryl methyl sites for hydroxylation is 1. The Morgan fingerprint density at radius 3 is 2.14 bits per heavy atom. The van der Waals surface area contributed by atoms with Gasteiger partial charge in [0.25, 0.3) is 23.5 Å². The SMILES string of the molecule is [B]C([B])(c1c(C)cccc1NC(O)(O)c1cc(C([B])(O)N2CC(C)(C)OC(C)(C)C2)ccc1F)N(C=O)C1C(=O)NC(=O)C(O)(O)C1(O)O. The highest BCUT2D eigenvalue weighted by atomic mass is 19.1. The van der Waals surface area contributed by atoms with Crippen molar-refractivity contribution in [2.45, 2.75) is 80.3 Å². The predicted octanol–water partition coefficient (Wildman–Crippen LogP) is -3.21. The number of carbonyl (C=O) groups is 3. The first-order valence-electron chi connectivity index (χ1n) is 14.8. The molecule has 15 nitrogen and oxygen atoms in total. The number of nitrogens with zero attached hydrogens (tertiary/aromatic N) is 2. The number of anilines is 1. The molecule has 2 aromatic rings. The van der Waals surface area contributed by atoms with Gasteiger partial charge in [-0.1, -0.05) is 18.2 Å². The van der Waals surface area contributed by atoms with Crippen molar-refractivity contribution in [2.24, 2.45) is 0 Å². The molecule has 19 heteroatoms. The average Bonchev–Trinajstić information content (AvgIpc) is 2.92. The van der Waals surface area contributed by atoms with Gasteiger partial charge in [0.2, 0.25) is 6.41 Å². The van der Waals surface area contributed by atoms with E-state index in [2.05, 4.69) is 5.32 Å². The highest BCUT2D eigenvalue weighted by molar-refractivity contribution is 6.41. The minimum Gasteiger partial charge on any atom is -0.381 e. The summed E-state index contributed by atoms with van der Waals surface area (Å²) in [5.74, 6) is -16.2. The third-order valence-corrected chi connectivity index (χ3v) is 8.44. The van der Waals surface area contributed by atoms with Crippen LogP contribution in [0.5, 0.6) is 0 Å². The van der Waals surface area contributed by atoms with Crippen molar-refractivity contribution >= 4 is 47.5 Å². The molecule has 0 aromatic heterocycles. The van der Waals surface area contributed by atoms with Crippen LogP contribution in [0, 0.1) is 12.7 Å². The van der Waals surface area contributed by atoms with Crippen molar-refractivity contribution in [3.63, 3.8) is 0 Å². The molecule has 0 spiro atoms. The second kappa shape index (κ2) is 12.1. The number of hydrogen-bond acceptors (Lipinski definition) is 13. The Kier molecular flexibility index (Phi) is 9.52. The summed E-state index contributed by atoms with van der Waals surface area (Å²) in [5, 5.41) is 76.2. The number of piperidine rings is 1. The molecule has 0 saturated carbocycles. The van der Waals surface area contributed by atoms with Crippen LogP contribution < -0.4 is 10.6 Å². The summed E-state index contributed by atoms with van der Waals surface area (Å²) in [6.07, 6.45) is -0.252. The van der Waals surface area contributed by atoms with Gasteiger partial charge >= 0.3 is 5.79 Å². The van der Waals surface area contributed by atoms with Gasteiger partial charge in [-0.25, -0.2) is 4.39 Å². The second-order valence-electron chi connectivity index (χ2n) is 13.7. The molecule has 2 aliphatic heterocycles. The lowest BCUT2D eigenvalue weighted by Gasteiger charge is -2.52. The third kappa shape index (κ3) is 6.74. The van der Waals surface area contributed by atoms with E-state index >= 15 is 4.39 Å². The first kappa shape index (κ1) is 38.4. The number of amides is 3. The van der Waals surface area contributed by atoms with Gasteiger partial charge in [-0.3, -0.25) is 24.6 Å². The van der Waals surface area contributed by atoms with Crippen LogP contribution in [0.15, 0.2) is 36.4 Å². The van der Waals surface area contributed by atoms with E-state index < -0.39 is 80.1 Å². The van der Waals surface area contributed by atoms with E-state index in [1.54, 1.807) is 27.7 Å². The van der Waals surface area contributed by atoms with Crippen LogP contribution in [0.3, 0.4) is 0 Å². The number of morpholine rings is 1. The molecule has 49 heavy (non-hydrogen) atoms. The van der Waals surface area contributed by atoms with Crippen LogP contribution in [0.4, 0.5) is 10.1 Å². The van der Waals surface area contributed by atoms with Crippen LogP contribution in [0.25, 0.3) is 0 Å². The van der Waals surface area contributed by atoms with Gasteiger partial charge < -0.3 is 50.7 Å². The fraction of sp³-hybridized carbons (Fsp3) is 0.500. The van der Waals surface area contributed by atoms with Crippen molar-refractivity contribution in [3.8, 4) is 0 Å². The van der Waals surface area contributed by atoms with Gasteiger partial charge in [0.15, 0.2) is 6.04 Å². The summed E-state index contributed by atoms with van der Waals surface area (Å²) in [4.78, 5) is 38.6. The lowest BCUT2D eigenvalue weighted by atomic mass is 9.55. The molecule has 0 bridgehead atoms. The van der Waals surface area contributed by atoms with Gasteiger partial charge in [0.05, 0.1) is 38.1 Å². The monoisotopic (exact) mass is 680 g/mol. The van der Waals surface area contributed by atoms with Crippen LogP contribution in [0.1, 0.15) is 49.9 Å². The molecule has 2 saturated heterocycles. The van der Waals surface area contributed by atoms with Crippen LogP contribution in [0.2, 0.25) is 0 Å². The maximum Gasteiger partial charge on any atom is 0.303 e. The van der Waals surface area contributed by atoms with Gasteiger partial charge in [-0.2, -0.15) is 0 Å². The molecule has 9 N–H and O–H groups in total. The normalized spacial score (nSPS) is 23.2. The molecule has 2 fully saturated rings. The van der Waals surface area contributed by atoms with E-state index in [1.807, 2.05) is 0 Å². The minimum atomic E-state index is -4.07. The number of imide groups is 1. The van der Waals surface area contributed by atoms with E-state index in [4.69, 9.17) is 28.3 Å². The lowest BCUT2D eigenvalue weighted by Crippen LogP contribution is -2.80. The molecule has 0 aliphatic carbocycles. The molecule has 6 radical (unpaired) electrons. The highest BCUT2D eigenvalue weighted by Gasteiger charge is 2.67. The molecule has 2 aromatic carbocycles. The Morgan fingerprint density at radius 2 is 1.59 bits per heavy atom. The topological polar surface area (TPSA) is 233 Å². The molecular formula is C30H36B3FN4O11. The Morgan fingerprint density at radius 1 is 1.02 bits per heavy atom. The largest absolute Gasteiger partial charge is 0.381 e. The molecule has 3 amide bonds. The number of carbonyl (C=O) groups excluding carboxylic acids is 3. The van der Waals surface area contributed by atoms with E-state index in [0.29, 0.717) is 0 Å². The zero-order valence-electron chi connectivity index (χ0n) is 27.3. The summed E-state index contributed by atoms with van der Waals surface area (Å²) in [5.41, 5.74) is -5.56. The summed E-state index contributed by atoms with van der Waals surface area (Å²) in [7, 11) is 19.0. The maximum atomic E-state index is 15.3. The Labute approximate surface area is 284 Å². The second-order valence-corrected chi connectivity index (χ2v) is 13.7.